The second kappa shape index (κ2) is 11.1. The molecule has 0 spiro atoms. The van der Waals surface area contributed by atoms with Crippen molar-refractivity contribution in [3.05, 3.63) is 76.2 Å². The van der Waals surface area contributed by atoms with Crippen LogP contribution in [0, 0.1) is 20.8 Å². The summed E-state index contributed by atoms with van der Waals surface area (Å²) in [4.78, 5) is 27.3. The Morgan fingerprint density at radius 1 is 1.11 bits per heavy atom. The first kappa shape index (κ1) is 25.0. The fraction of sp³-hybridized carbons (Fsp3) is 0.321. The third-order valence-corrected chi connectivity index (χ3v) is 6.38. The minimum Gasteiger partial charge on any atom is -0.493 e. The number of carbonyl (C=O) groups is 2. The lowest BCUT2D eigenvalue weighted by Crippen LogP contribution is -2.28. The summed E-state index contributed by atoms with van der Waals surface area (Å²) in [6.07, 6.45) is 5.22. The summed E-state index contributed by atoms with van der Waals surface area (Å²) in [7, 11) is 1.57. The zero-order chi connectivity index (χ0) is 25.7. The second-order valence-electron chi connectivity index (χ2n) is 8.80. The van der Waals surface area contributed by atoms with Gasteiger partial charge in [0.15, 0.2) is 11.5 Å². The van der Waals surface area contributed by atoms with Gasteiger partial charge in [0.05, 0.1) is 18.4 Å². The molecular formula is C28H31N3O5. The second-order valence-corrected chi connectivity index (χ2v) is 8.80. The van der Waals surface area contributed by atoms with Crippen molar-refractivity contribution in [3.8, 4) is 11.5 Å². The number of nitrogens with zero attached hydrogens (tertiary/aromatic N) is 2. The molecule has 0 aliphatic carbocycles. The van der Waals surface area contributed by atoms with Crippen LogP contribution >= 0.6 is 0 Å². The molecule has 8 nitrogen and oxygen atoms in total. The highest BCUT2D eigenvalue weighted by atomic mass is 16.5. The van der Waals surface area contributed by atoms with Crippen molar-refractivity contribution in [3.63, 3.8) is 0 Å². The molecule has 1 N–H and O–H groups in total. The van der Waals surface area contributed by atoms with Crippen LogP contribution < -0.4 is 14.8 Å². The van der Waals surface area contributed by atoms with Crippen LogP contribution in [-0.2, 0) is 11.4 Å². The molecule has 0 unspecified atom stereocenters. The highest BCUT2D eigenvalue weighted by Gasteiger charge is 2.22. The molecule has 4 rings (SSSR count). The molecule has 0 radical (unpaired) electrons. The number of carbonyl (C=O) groups excluding carboxylic acids is 2. The topological polar surface area (TPSA) is 93.9 Å². The molecule has 1 aliphatic heterocycles. The Hall–Kier alpha value is -4.07. The number of aromatic nitrogens is 1. The average molecular weight is 490 g/mol. The van der Waals surface area contributed by atoms with Crippen LogP contribution in [0.4, 0.5) is 5.69 Å². The summed E-state index contributed by atoms with van der Waals surface area (Å²) in [5, 5.41) is 6.83. The summed E-state index contributed by atoms with van der Waals surface area (Å²) in [5.74, 6) is 1.57. The number of anilines is 1. The van der Waals surface area contributed by atoms with E-state index in [9.17, 15) is 9.59 Å². The molecule has 8 heteroatoms. The van der Waals surface area contributed by atoms with E-state index < -0.39 is 0 Å². The van der Waals surface area contributed by atoms with E-state index in [1.165, 1.54) is 6.08 Å². The molecule has 0 bridgehead atoms. The van der Waals surface area contributed by atoms with Gasteiger partial charge in [-0.25, -0.2) is 0 Å². The van der Waals surface area contributed by atoms with Gasteiger partial charge in [-0.3, -0.25) is 9.59 Å². The van der Waals surface area contributed by atoms with Crippen molar-refractivity contribution in [2.75, 3.05) is 25.5 Å². The normalized spacial score (nSPS) is 13.3. The molecule has 188 valence electrons. The van der Waals surface area contributed by atoms with E-state index in [0.717, 1.165) is 54.1 Å². The van der Waals surface area contributed by atoms with E-state index in [1.807, 2.05) is 37.8 Å². The van der Waals surface area contributed by atoms with Crippen LogP contribution in [0.25, 0.3) is 6.08 Å². The van der Waals surface area contributed by atoms with Crippen molar-refractivity contribution in [1.82, 2.24) is 10.1 Å². The molecule has 36 heavy (non-hydrogen) atoms. The van der Waals surface area contributed by atoms with Crippen LogP contribution in [0.1, 0.15) is 51.3 Å². The zero-order valence-corrected chi connectivity index (χ0v) is 21.1. The van der Waals surface area contributed by atoms with Gasteiger partial charge in [0.2, 0.25) is 5.91 Å². The highest BCUT2D eigenvalue weighted by molar-refractivity contribution is 6.04. The van der Waals surface area contributed by atoms with Crippen LogP contribution in [0.15, 0.2) is 47.0 Å². The summed E-state index contributed by atoms with van der Waals surface area (Å²) >= 11 is 0. The van der Waals surface area contributed by atoms with Gasteiger partial charge in [0, 0.05) is 30.4 Å². The summed E-state index contributed by atoms with van der Waals surface area (Å²) in [6, 6.07) is 10.8. The molecule has 1 aliphatic rings. The molecule has 2 aromatic carbocycles. The largest absolute Gasteiger partial charge is 0.493 e. The first-order chi connectivity index (χ1) is 17.4. The van der Waals surface area contributed by atoms with Gasteiger partial charge in [0.25, 0.3) is 5.91 Å². The van der Waals surface area contributed by atoms with Gasteiger partial charge in [-0.1, -0.05) is 17.3 Å². The van der Waals surface area contributed by atoms with Gasteiger partial charge in [0.1, 0.15) is 12.4 Å². The van der Waals surface area contributed by atoms with Gasteiger partial charge >= 0.3 is 0 Å². The molecule has 1 saturated heterocycles. The number of benzene rings is 2. The van der Waals surface area contributed by atoms with E-state index in [2.05, 4.69) is 10.5 Å². The van der Waals surface area contributed by atoms with E-state index in [-0.39, 0.29) is 11.8 Å². The van der Waals surface area contributed by atoms with Crippen LogP contribution in [-0.4, -0.2) is 42.1 Å². The fourth-order valence-corrected chi connectivity index (χ4v) is 4.20. The van der Waals surface area contributed by atoms with Crippen molar-refractivity contribution < 1.29 is 23.6 Å². The Morgan fingerprint density at radius 2 is 1.89 bits per heavy atom. The molecule has 2 heterocycles. The lowest BCUT2D eigenvalue weighted by Gasteiger charge is -2.18. The Balaban J connectivity index is 1.41. The van der Waals surface area contributed by atoms with Crippen molar-refractivity contribution in [2.24, 2.45) is 0 Å². The minimum atomic E-state index is -0.290. The van der Waals surface area contributed by atoms with E-state index in [1.54, 1.807) is 37.5 Å². The number of hydrogen-bond acceptors (Lipinski definition) is 6. The average Bonchev–Trinajstić information content (AvgIpc) is 3.53. The molecule has 2 amide bonds. The molecule has 0 saturated carbocycles. The number of hydrogen-bond donors (Lipinski definition) is 1. The van der Waals surface area contributed by atoms with E-state index in [4.69, 9.17) is 14.0 Å². The maximum absolute atomic E-state index is 12.8. The zero-order valence-electron chi connectivity index (χ0n) is 21.1. The molecule has 3 aromatic rings. The van der Waals surface area contributed by atoms with E-state index in [0.29, 0.717) is 29.4 Å². The maximum Gasteiger partial charge on any atom is 0.254 e. The number of methoxy groups -OCH3 is 1. The monoisotopic (exact) mass is 489 g/mol. The SMILES string of the molecule is COc1cc(/C=C/C(=O)Nc2cccc(C(=O)N3CCCC3)c2C)ccc1OCc1c(C)noc1C. The van der Waals surface area contributed by atoms with Gasteiger partial charge in [-0.2, -0.15) is 0 Å². The van der Waals surface area contributed by atoms with E-state index >= 15 is 0 Å². The standard InChI is InChI=1S/C28H31N3O5/c1-18-22(28(33)31-14-5-6-15-31)8-7-9-24(18)29-27(32)13-11-21-10-12-25(26(16-21)34-4)35-17-23-19(2)30-36-20(23)3/h7-13,16H,5-6,14-15,17H2,1-4H3,(H,29,32)/b13-11+. The Bertz CT molecular complexity index is 1270. The lowest BCUT2D eigenvalue weighted by atomic mass is 10.1. The smallest absolute Gasteiger partial charge is 0.254 e. The number of rotatable bonds is 8. The first-order valence-corrected chi connectivity index (χ1v) is 12.0. The predicted molar refractivity (Wildman–Crippen MR) is 137 cm³/mol. The molecule has 1 fully saturated rings. The van der Waals surface area contributed by atoms with Gasteiger partial charge in [-0.05, 0) is 75.1 Å². The summed E-state index contributed by atoms with van der Waals surface area (Å²) in [5.41, 5.74) is 4.47. The quantitative estimate of drug-likeness (QED) is 0.444. The minimum absolute atomic E-state index is 0.0143. The third kappa shape index (κ3) is 5.59. The summed E-state index contributed by atoms with van der Waals surface area (Å²) < 4.78 is 16.6. The number of likely N-dealkylation sites (tertiary alicyclic amines) is 1. The van der Waals surface area contributed by atoms with Crippen molar-refractivity contribution in [2.45, 2.75) is 40.2 Å². The fourth-order valence-electron chi connectivity index (χ4n) is 4.20. The first-order valence-electron chi connectivity index (χ1n) is 12.0. The predicted octanol–water partition coefficient (Wildman–Crippen LogP) is 5.08. The van der Waals surface area contributed by atoms with Gasteiger partial charge < -0.3 is 24.2 Å². The highest BCUT2D eigenvalue weighted by Crippen LogP contribution is 2.30. The summed E-state index contributed by atoms with van der Waals surface area (Å²) in [6.45, 7) is 7.45. The number of ether oxygens (including phenoxy) is 2. The van der Waals surface area contributed by atoms with Crippen LogP contribution in [0.2, 0.25) is 0 Å². The van der Waals surface area contributed by atoms with Gasteiger partial charge in [-0.15, -0.1) is 0 Å². The molecular weight excluding hydrogens is 458 g/mol. The Labute approximate surface area is 210 Å². The third-order valence-electron chi connectivity index (χ3n) is 6.38. The lowest BCUT2D eigenvalue weighted by molar-refractivity contribution is -0.111. The van der Waals surface area contributed by atoms with Crippen molar-refractivity contribution >= 4 is 23.6 Å². The number of amides is 2. The molecule has 1 aromatic heterocycles. The number of nitrogens with one attached hydrogen (secondary N) is 1. The molecule has 0 atom stereocenters. The van der Waals surface area contributed by atoms with Crippen molar-refractivity contribution in [1.29, 1.82) is 0 Å². The Kier molecular flexibility index (Phi) is 7.73. The Morgan fingerprint density at radius 3 is 2.58 bits per heavy atom. The van der Waals surface area contributed by atoms with Crippen LogP contribution in [0.5, 0.6) is 11.5 Å². The number of aryl methyl sites for hydroxylation is 2. The maximum atomic E-state index is 12.8. The van der Waals surface area contributed by atoms with Crippen LogP contribution in [0.3, 0.4) is 0 Å².